The molecule has 1 aromatic rings. The van der Waals surface area contributed by atoms with Crippen LogP contribution in [0, 0.1) is 0 Å². The summed E-state index contributed by atoms with van der Waals surface area (Å²) in [5.74, 6) is -2.86. The van der Waals surface area contributed by atoms with Gasteiger partial charge in [-0.15, -0.1) is 0 Å². The fourth-order valence-corrected chi connectivity index (χ4v) is 1.79. The molecule has 1 fully saturated rings. The van der Waals surface area contributed by atoms with E-state index in [1.165, 1.54) is 19.9 Å². The summed E-state index contributed by atoms with van der Waals surface area (Å²) in [5.41, 5.74) is -0.0286. The van der Waals surface area contributed by atoms with Gasteiger partial charge < -0.3 is 19.5 Å². The summed E-state index contributed by atoms with van der Waals surface area (Å²) in [5, 5.41) is 2.66. The van der Waals surface area contributed by atoms with E-state index in [4.69, 9.17) is 14.2 Å². The number of esters is 2. The first-order valence-corrected chi connectivity index (χ1v) is 6.72. The molecule has 8 heteroatoms. The molecule has 0 aromatic heterocycles. The predicted molar refractivity (Wildman–Crippen MR) is 75.9 cm³/mol. The number of alkyl halides is 2. The molecule has 0 amide bonds. The smallest absolute Gasteiger partial charge is 0.350 e. The van der Waals surface area contributed by atoms with Crippen molar-refractivity contribution in [2.45, 2.75) is 26.1 Å². The van der Waals surface area contributed by atoms with Crippen LogP contribution in [0.5, 0.6) is 5.75 Å². The summed E-state index contributed by atoms with van der Waals surface area (Å²) in [7, 11) is 0. The molecule has 6 nitrogen and oxygen atoms in total. The Morgan fingerprint density at radius 1 is 1.22 bits per heavy atom. The number of rotatable bonds is 5. The van der Waals surface area contributed by atoms with Gasteiger partial charge in [-0.2, -0.15) is 0 Å². The van der Waals surface area contributed by atoms with Crippen LogP contribution in [-0.2, 0) is 19.1 Å². The van der Waals surface area contributed by atoms with Gasteiger partial charge in [0, 0.05) is 20.0 Å². The predicted octanol–water partition coefficient (Wildman–Crippen LogP) is 2.46. The molecule has 0 spiro atoms. The molecule has 0 aliphatic carbocycles. The average molecular weight is 327 g/mol. The van der Waals surface area contributed by atoms with Crippen LogP contribution >= 0.6 is 0 Å². The molecule has 1 aliphatic rings. The Balaban J connectivity index is 2.14. The van der Waals surface area contributed by atoms with Crippen molar-refractivity contribution in [3.63, 3.8) is 0 Å². The Morgan fingerprint density at radius 3 is 2.43 bits per heavy atom. The van der Waals surface area contributed by atoms with E-state index in [2.05, 4.69) is 5.32 Å². The lowest BCUT2D eigenvalue weighted by atomic mass is 10.2. The Kier molecular flexibility index (Phi) is 4.83. The highest BCUT2D eigenvalue weighted by Gasteiger charge is 2.38. The Labute approximate surface area is 131 Å². The highest BCUT2D eigenvalue weighted by atomic mass is 19.3. The zero-order chi connectivity index (χ0) is 17.0. The molecule has 124 valence electrons. The second kappa shape index (κ2) is 6.64. The molecule has 0 radical (unpaired) electrons. The number of carbonyl (C=O) groups is 2. The number of anilines is 1. The van der Waals surface area contributed by atoms with Gasteiger partial charge in [0.1, 0.15) is 12.4 Å². The fraction of sp³-hybridized carbons (Fsp3) is 0.333. The highest BCUT2D eigenvalue weighted by molar-refractivity contribution is 6.15. The molecule has 1 heterocycles. The summed E-state index contributed by atoms with van der Waals surface area (Å²) in [6, 6.07) is 6.26. The van der Waals surface area contributed by atoms with Crippen molar-refractivity contribution in [3.05, 3.63) is 36.0 Å². The number of para-hydroxylation sites is 2. The third kappa shape index (κ3) is 4.41. The van der Waals surface area contributed by atoms with Crippen LogP contribution in [0.3, 0.4) is 0 Å². The molecule has 23 heavy (non-hydrogen) atoms. The number of nitrogens with one attached hydrogen (secondary N) is 1. The zero-order valence-corrected chi connectivity index (χ0v) is 12.5. The summed E-state index contributed by atoms with van der Waals surface area (Å²) < 4.78 is 39.3. The molecule has 1 aromatic carbocycles. The Morgan fingerprint density at radius 2 is 1.83 bits per heavy atom. The van der Waals surface area contributed by atoms with E-state index >= 15 is 0 Å². The third-order valence-corrected chi connectivity index (χ3v) is 2.74. The topological polar surface area (TPSA) is 73.9 Å². The average Bonchev–Trinajstić information content (AvgIpc) is 2.44. The van der Waals surface area contributed by atoms with Crippen molar-refractivity contribution in [1.29, 1.82) is 0 Å². The van der Waals surface area contributed by atoms with E-state index in [1.807, 2.05) is 0 Å². The van der Waals surface area contributed by atoms with E-state index in [1.54, 1.807) is 18.2 Å². The lowest BCUT2D eigenvalue weighted by molar-refractivity contribution is -0.222. The monoisotopic (exact) mass is 327 g/mol. The van der Waals surface area contributed by atoms with Gasteiger partial charge in [-0.1, -0.05) is 12.1 Å². The van der Waals surface area contributed by atoms with Crippen LogP contribution in [0.15, 0.2) is 36.0 Å². The first-order chi connectivity index (χ1) is 10.8. The number of benzene rings is 1. The second-order valence-electron chi connectivity index (χ2n) is 5.08. The maximum absolute atomic E-state index is 12.2. The molecule has 1 aliphatic heterocycles. The van der Waals surface area contributed by atoms with E-state index in [0.717, 1.165) is 6.20 Å². The summed E-state index contributed by atoms with van der Waals surface area (Å²) in [6.45, 7) is 2.09. The Bertz CT molecular complexity index is 621. The summed E-state index contributed by atoms with van der Waals surface area (Å²) in [4.78, 5) is 23.6. The number of hydrogen-bond donors (Lipinski definition) is 1. The van der Waals surface area contributed by atoms with Gasteiger partial charge in [-0.25, -0.2) is 18.4 Å². The van der Waals surface area contributed by atoms with Gasteiger partial charge >= 0.3 is 11.9 Å². The van der Waals surface area contributed by atoms with E-state index in [9.17, 15) is 18.4 Å². The van der Waals surface area contributed by atoms with Crippen LogP contribution in [0.2, 0.25) is 0 Å². The third-order valence-electron chi connectivity index (χ3n) is 2.74. The van der Waals surface area contributed by atoms with Gasteiger partial charge in [0.2, 0.25) is 0 Å². The minimum absolute atomic E-state index is 0.155. The Hall–Kier alpha value is -2.64. The van der Waals surface area contributed by atoms with E-state index < -0.39 is 30.8 Å². The van der Waals surface area contributed by atoms with Crippen molar-refractivity contribution in [2.75, 3.05) is 11.9 Å². The zero-order valence-electron chi connectivity index (χ0n) is 12.5. The maximum Gasteiger partial charge on any atom is 0.350 e. The lowest BCUT2D eigenvalue weighted by Crippen LogP contribution is -2.42. The van der Waals surface area contributed by atoms with Crippen molar-refractivity contribution >= 4 is 17.6 Å². The SMILES string of the molecule is CC1(C)OC(=O)C(=CNc2ccccc2OCC(F)F)C(=O)O1. The molecule has 2 rings (SSSR count). The van der Waals surface area contributed by atoms with Gasteiger partial charge in [0.25, 0.3) is 12.2 Å². The normalized spacial score (nSPS) is 16.7. The summed E-state index contributed by atoms with van der Waals surface area (Å²) in [6.07, 6.45) is -1.53. The van der Waals surface area contributed by atoms with E-state index in [0.29, 0.717) is 5.69 Å². The van der Waals surface area contributed by atoms with Crippen molar-refractivity contribution in [1.82, 2.24) is 0 Å². The van der Waals surface area contributed by atoms with Crippen molar-refractivity contribution in [2.24, 2.45) is 0 Å². The highest BCUT2D eigenvalue weighted by Crippen LogP contribution is 2.26. The number of halogens is 2. The molecule has 1 N–H and O–H groups in total. The van der Waals surface area contributed by atoms with Crippen LogP contribution in [0.4, 0.5) is 14.5 Å². The van der Waals surface area contributed by atoms with Crippen LogP contribution in [0.1, 0.15) is 13.8 Å². The van der Waals surface area contributed by atoms with Crippen LogP contribution in [0.25, 0.3) is 0 Å². The van der Waals surface area contributed by atoms with Crippen LogP contribution < -0.4 is 10.1 Å². The van der Waals surface area contributed by atoms with Crippen LogP contribution in [-0.4, -0.2) is 30.8 Å². The number of ether oxygens (including phenoxy) is 3. The number of hydrogen-bond acceptors (Lipinski definition) is 6. The molecule has 0 bridgehead atoms. The molecule has 0 atom stereocenters. The first kappa shape index (κ1) is 16.7. The minimum Gasteiger partial charge on any atom is -0.485 e. The van der Waals surface area contributed by atoms with E-state index in [-0.39, 0.29) is 11.3 Å². The number of carbonyl (C=O) groups excluding carboxylic acids is 2. The van der Waals surface area contributed by atoms with Crippen molar-refractivity contribution < 1.29 is 32.6 Å². The molecular weight excluding hydrogens is 312 g/mol. The van der Waals surface area contributed by atoms with Gasteiger partial charge in [0.15, 0.2) is 5.57 Å². The fourth-order valence-electron chi connectivity index (χ4n) is 1.79. The molecule has 1 saturated heterocycles. The standard InChI is InChI=1S/C15H15F2NO5/c1-15(2)22-13(19)9(14(20)23-15)7-18-10-5-3-4-6-11(10)21-8-12(16)17/h3-7,12,18H,8H2,1-2H3. The summed E-state index contributed by atoms with van der Waals surface area (Å²) >= 11 is 0. The molecule has 0 unspecified atom stereocenters. The van der Waals surface area contributed by atoms with Crippen molar-refractivity contribution in [3.8, 4) is 5.75 Å². The van der Waals surface area contributed by atoms with Gasteiger partial charge in [0.05, 0.1) is 5.69 Å². The second-order valence-corrected chi connectivity index (χ2v) is 5.08. The maximum atomic E-state index is 12.2. The van der Waals surface area contributed by atoms with Gasteiger partial charge in [-0.3, -0.25) is 0 Å². The first-order valence-electron chi connectivity index (χ1n) is 6.72. The number of cyclic esters (lactones) is 2. The quantitative estimate of drug-likeness (QED) is 0.509. The van der Waals surface area contributed by atoms with Gasteiger partial charge in [-0.05, 0) is 12.1 Å². The molecule has 0 saturated carbocycles. The lowest BCUT2D eigenvalue weighted by Gasteiger charge is -2.29. The molecular formula is C15H15F2NO5. The minimum atomic E-state index is -2.62. The largest absolute Gasteiger partial charge is 0.485 e.